The van der Waals surface area contributed by atoms with Gasteiger partial charge in [0.1, 0.15) is 0 Å². The fourth-order valence-electron chi connectivity index (χ4n) is 1.66. The van der Waals surface area contributed by atoms with Gasteiger partial charge in [0.05, 0.1) is 0 Å². The fourth-order valence-corrected chi connectivity index (χ4v) is 7.25. The second kappa shape index (κ2) is 5.52. The summed E-state index contributed by atoms with van der Waals surface area (Å²) in [5, 5.41) is 0. The van der Waals surface area contributed by atoms with Crippen LogP contribution in [0.15, 0.2) is 24.3 Å². The Morgan fingerprint density at radius 3 is 1.05 bits per heavy atom. The van der Waals surface area contributed by atoms with Gasteiger partial charge in [-0.25, -0.2) is 0 Å². The van der Waals surface area contributed by atoms with E-state index in [-0.39, 0.29) is 0 Å². The topological polar surface area (TPSA) is 0 Å². The summed E-state index contributed by atoms with van der Waals surface area (Å²) in [4.78, 5) is 0. The van der Waals surface area contributed by atoms with Gasteiger partial charge in [0.2, 0.25) is 0 Å². The number of benzene rings is 2. The summed E-state index contributed by atoms with van der Waals surface area (Å²) in [5.74, 6) is -6.87. The number of hydrogen-bond donors (Lipinski definition) is 0. The Hall–Kier alpha value is -1.04. The summed E-state index contributed by atoms with van der Waals surface area (Å²) in [5.41, 5.74) is 0. The van der Waals surface area contributed by atoms with Crippen molar-refractivity contribution in [1.29, 1.82) is 0 Å². The van der Waals surface area contributed by atoms with Crippen LogP contribution in [0, 0.1) is 34.9 Å². The van der Waals surface area contributed by atoms with Crippen molar-refractivity contribution in [3.63, 3.8) is 0 Å². The number of halogens is 6. The Morgan fingerprint density at radius 2 is 0.789 bits per heavy atom. The van der Waals surface area contributed by atoms with Crippen molar-refractivity contribution in [3.05, 3.63) is 59.2 Å². The maximum absolute atomic E-state index is 13.4. The van der Waals surface area contributed by atoms with Crippen LogP contribution in [0.25, 0.3) is 0 Å². The summed E-state index contributed by atoms with van der Waals surface area (Å²) in [6.45, 7) is 0. The van der Waals surface area contributed by atoms with Crippen molar-refractivity contribution in [2.75, 3.05) is 0 Å². The molecule has 0 spiro atoms. The molecule has 0 radical (unpaired) electrons. The Bertz CT molecular complexity index is 539. The third kappa shape index (κ3) is 3.10. The van der Waals surface area contributed by atoms with E-state index in [9.17, 15) is 26.3 Å². The third-order valence-electron chi connectivity index (χ3n) is 2.57. The number of rotatable bonds is 2. The summed E-state index contributed by atoms with van der Waals surface area (Å²) < 4.78 is 78.1. The van der Waals surface area contributed by atoms with Crippen LogP contribution in [0.3, 0.4) is 0 Å². The summed E-state index contributed by atoms with van der Waals surface area (Å²) in [6, 6.07) is 1.82. The zero-order valence-electron chi connectivity index (χ0n) is 9.28. The average Bonchev–Trinajstić information content (AvgIpc) is 2.25. The van der Waals surface area contributed by atoms with Gasteiger partial charge >= 0.3 is 116 Å². The first-order chi connectivity index (χ1) is 8.88. The molecule has 0 fully saturated rings. The molecule has 2 aromatic carbocycles. The van der Waals surface area contributed by atoms with Crippen LogP contribution in [0.5, 0.6) is 0 Å². The van der Waals surface area contributed by atoms with E-state index < -0.39 is 65.6 Å². The molecule has 0 saturated carbocycles. The van der Waals surface area contributed by atoms with Gasteiger partial charge in [-0.3, -0.25) is 0 Å². The molecular formula is C12H4F6Hg. The molecule has 0 unspecified atom stereocenters. The molecule has 0 aromatic heterocycles. The minimum atomic E-state index is -3.08. The monoisotopic (exact) mass is 464 g/mol. The molecule has 96 valence electrons. The molecule has 0 aliphatic carbocycles. The Morgan fingerprint density at radius 1 is 0.526 bits per heavy atom. The molecule has 0 saturated heterocycles. The van der Waals surface area contributed by atoms with Crippen LogP contribution in [-0.4, -0.2) is 0 Å². The van der Waals surface area contributed by atoms with Gasteiger partial charge in [-0.1, -0.05) is 0 Å². The van der Waals surface area contributed by atoms with Crippen molar-refractivity contribution in [1.82, 2.24) is 0 Å². The summed E-state index contributed by atoms with van der Waals surface area (Å²) in [7, 11) is 0. The fraction of sp³-hybridized carbons (Fsp3) is 0. The van der Waals surface area contributed by atoms with E-state index in [0.29, 0.717) is 24.3 Å². The van der Waals surface area contributed by atoms with Gasteiger partial charge in [-0.05, 0) is 0 Å². The van der Waals surface area contributed by atoms with Crippen molar-refractivity contribution in [2.45, 2.75) is 0 Å². The standard InChI is InChI=1S/2C6H2F3.Hg/c2*7-4-1-5(8)3-6(9)2-4;/h2*1-2H;. The molecular weight excluding hydrogens is 459 g/mol. The van der Waals surface area contributed by atoms with Gasteiger partial charge in [0, 0.05) is 0 Å². The Kier molecular flexibility index (Phi) is 4.18. The maximum atomic E-state index is 13.4. The zero-order chi connectivity index (χ0) is 14.2. The minimum absolute atomic E-state index is 0.456. The van der Waals surface area contributed by atoms with E-state index in [1.165, 1.54) is 0 Å². The van der Waals surface area contributed by atoms with E-state index >= 15 is 0 Å². The molecule has 0 amide bonds. The van der Waals surface area contributed by atoms with E-state index in [1.54, 1.807) is 0 Å². The van der Waals surface area contributed by atoms with E-state index in [2.05, 4.69) is 0 Å². The van der Waals surface area contributed by atoms with Crippen LogP contribution in [0.4, 0.5) is 26.3 Å². The molecule has 0 aliphatic rings. The van der Waals surface area contributed by atoms with Crippen molar-refractivity contribution in [2.24, 2.45) is 0 Å². The quantitative estimate of drug-likeness (QED) is 0.475. The first kappa shape index (κ1) is 14.4. The summed E-state index contributed by atoms with van der Waals surface area (Å²) >= 11 is -3.08. The van der Waals surface area contributed by atoms with Gasteiger partial charge in [0.15, 0.2) is 0 Å². The van der Waals surface area contributed by atoms with Crippen LogP contribution in [0.2, 0.25) is 0 Å². The summed E-state index contributed by atoms with van der Waals surface area (Å²) in [6.07, 6.45) is 0. The molecule has 0 bridgehead atoms. The first-order valence-electron chi connectivity index (χ1n) is 5.15. The van der Waals surface area contributed by atoms with Crippen LogP contribution < -0.4 is 6.14 Å². The molecule has 0 aliphatic heterocycles. The molecule has 2 aromatic rings. The first-order valence-corrected chi connectivity index (χ1v) is 10.6. The van der Waals surface area contributed by atoms with Crippen LogP contribution in [-0.2, 0) is 24.6 Å². The predicted molar refractivity (Wildman–Crippen MR) is 51.9 cm³/mol. The van der Waals surface area contributed by atoms with Crippen molar-refractivity contribution in [3.8, 4) is 0 Å². The second-order valence-corrected chi connectivity index (χ2v) is 10.7. The zero-order valence-corrected chi connectivity index (χ0v) is 14.8. The molecule has 0 nitrogen and oxygen atoms in total. The SMILES string of the molecule is Fc1cc(F)[c]([Hg][c]2c(F)cc(F)cc2F)c(F)c1. The predicted octanol–water partition coefficient (Wildman–Crippen LogP) is 2.55. The van der Waals surface area contributed by atoms with E-state index in [4.69, 9.17) is 0 Å². The Labute approximate surface area is 116 Å². The molecule has 19 heavy (non-hydrogen) atoms. The van der Waals surface area contributed by atoms with Gasteiger partial charge in [0.25, 0.3) is 0 Å². The molecule has 0 N–H and O–H groups in total. The second-order valence-electron chi connectivity index (χ2n) is 3.87. The molecule has 2 rings (SSSR count). The van der Waals surface area contributed by atoms with Crippen molar-refractivity contribution >= 4 is 6.14 Å². The van der Waals surface area contributed by atoms with Gasteiger partial charge < -0.3 is 0 Å². The molecule has 0 heterocycles. The normalized spacial score (nSPS) is 10.4. The van der Waals surface area contributed by atoms with Gasteiger partial charge in [-0.2, -0.15) is 0 Å². The molecule has 0 atom stereocenters. The average molecular weight is 463 g/mol. The van der Waals surface area contributed by atoms with Crippen LogP contribution in [0.1, 0.15) is 0 Å². The Balaban J connectivity index is 2.48. The third-order valence-corrected chi connectivity index (χ3v) is 10.6. The van der Waals surface area contributed by atoms with E-state index in [0.717, 1.165) is 0 Å². The van der Waals surface area contributed by atoms with Crippen molar-refractivity contribution < 1.29 is 50.9 Å². The number of hydrogen-bond acceptors (Lipinski definition) is 0. The van der Waals surface area contributed by atoms with Crippen LogP contribution >= 0.6 is 0 Å². The van der Waals surface area contributed by atoms with Gasteiger partial charge in [-0.15, -0.1) is 0 Å². The van der Waals surface area contributed by atoms with E-state index in [1.807, 2.05) is 0 Å². The molecule has 7 heteroatoms.